The largest absolute Gasteiger partial charge is 0.339 e. The van der Waals surface area contributed by atoms with Gasteiger partial charge < -0.3 is 15.5 Å². The summed E-state index contributed by atoms with van der Waals surface area (Å²) >= 11 is 0. The summed E-state index contributed by atoms with van der Waals surface area (Å²) in [5.74, 6) is -2.41. The standard InChI is InChI=1S/C15H21N3O4S/c1-12-2-4-13(5-3-12)17-14(19)10-23(21,22)11-15(20)18-8-6-16-7-9-18/h2-5,16H,6-11H2,1H3,(H,17,19). The second kappa shape index (κ2) is 7.56. The summed E-state index contributed by atoms with van der Waals surface area (Å²) in [6.45, 7) is 4.20. The van der Waals surface area contributed by atoms with Crippen molar-refractivity contribution in [3.63, 3.8) is 0 Å². The first-order valence-corrected chi connectivity index (χ1v) is 9.23. The molecule has 7 nitrogen and oxygen atoms in total. The van der Waals surface area contributed by atoms with Gasteiger partial charge in [-0.25, -0.2) is 8.42 Å². The molecule has 2 rings (SSSR count). The van der Waals surface area contributed by atoms with E-state index in [1.165, 1.54) is 4.90 Å². The molecular formula is C15H21N3O4S. The molecule has 0 aliphatic carbocycles. The molecule has 0 aromatic heterocycles. The van der Waals surface area contributed by atoms with E-state index >= 15 is 0 Å². The topological polar surface area (TPSA) is 95.6 Å². The van der Waals surface area contributed by atoms with Crippen LogP contribution in [-0.2, 0) is 19.4 Å². The number of carbonyl (C=O) groups is 2. The Hall–Kier alpha value is -1.93. The zero-order valence-electron chi connectivity index (χ0n) is 13.0. The average Bonchev–Trinajstić information content (AvgIpc) is 2.49. The quantitative estimate of drug-likeness (QED) is 0.773. The third-order valence-electron chi connectivity index (χ3n) is 3.50. The molecule has 23 heavy (non-hydrogen) atoms. The van der Waals surface area contributed by atoms with Gasteiger partial charge in [0, 0.05) is 31.9 Å². The van der Waals surface area contributed by atoms with Crippen LogP contribution in [0, 0.1) is 6.92 Å². The fourth-order valence-electron chi connectivity index (χ4n) is 2.28. The lowest BCUT2D eigenvalue weighted by Gasteiger charge is -2.27. The second-order valence-electron chi connectivity index (χ2n) is 5.58. The smallest absolute Gasteiger partial charge is 0.239 e. The first-order chi connectivity index (χ1) is 10.9. The van der Waals surface area contributed by atoms with Crippen molar-refractivity contribution in [2.24, 2.45) is 0 Å². The van der Waals surface area contributed by atoms with Gasteiger partial charge >= 0.3 is 0 Å². The number of benzene rings is 1. The maximum atomic E-state index is 12.0. The summed E-state index contributed by atoms with van der Waals surface area (Å²) in [7, 11) is -3.78. The lowest BCUT2D eigenvalue weighted by atomic mass is 10.2. The minimum atomic E-state index is -3.78. The molecule has 1 fully saturated rings. The first kappa shape index (κ1) is 17.4. The van der Waals surface area contributed by atoms with Crippen molar-refractivity contribution >= 4 is 27.3 Å². The van der Waals surface area contributed by atoms with E-state index in [1.807, 2.05) is 19.1 Å². The molecule has 1 aromatic rings. The number of hydrogen-bond donors (Lipinski definition) is 2. The molecule has 2 N–H and O–H groups in total. The monoisotopic (exact) mass is 339 g/mol. The molecule has 0 saturated carbocycles. The number of nitrogens with one attached hydrogen (secondary N) is 2. The maximum Gasteiger partial charge on any atom is 0.239 e. The van der Waals surface area contributed by atoms with Gasteiger partial charge in [-0.2, -0.15) is 0 Å². The van der Waals surface area contributed by atoms with Gasteiger partial charge in [0.1, 0.15) is 11.5 Å². The van der Waals surface area contributed by atoms with Crippen LogP contribution >= 0.6 is 0 Å². The molecular weight excluding hydrogens is 318 g/mol. The fourth-order valence-corrected chi connectivity index (χ4v) is 3.41. The Bertz CT molecular complexity index is 664. The van der Waals surface area contributed by atoms with Crippen LogP contribution in [0.5, 0.6) is 0 Å². The van der Waals surface area contributed by atoms with Gasteiger partial charge in [0.05, 0.1) is 0 Å². The maximum absolute atomic E-state index is 12.0. The number of piperazine rings is 1. The number of hydrogen-bond acceptors (Lipinski definition) is 5. The highest BCUT2D eigenvalue weighted by molar-refractivity contribution is 7.92. The van der Waals surface area contributed by atoms with Crippen LogP contribution in [-0.4, -0.2) is 62.8 Å². The minimum Gasteiger partial charge on any atom is -0.339 e. The number of anilines is 1. The summed E-state index contributed by atoms with van der Waals surface area (Å²) in [6, 6.07) is 7.04. The molecule has 0 unspecified atom stereocenters. The SMILES string of the molecule is Cc1ccc(NC(=O)CS(=O)(=O)CC(=O)N2CCNCC2)cc1. The molecule has 0 spiro atoms. The van der Waals surface area contributed by atoms with E-state index in [1.54, 1.807) is 12.1 Å². The van der Waals surface area contributed by atoms with Crippen molar-refractivity contribution in [2.75, 3.05) is 43.0 Å². The van der Waals surface area contributed by atoms with Gasteiger partial charge in [-0.1, -0.05) is 17.7 Å². The summed E-state index contributed by atoms with van der Waals surface area (Å²) in [6.07, 6.45) is 0. The Morgan fingerprint density at radius 2 is 1.74 bits per heavy atom. The summed E-state index contributed by atoms with van der Waals surface area (Å²) in [4.78, 5) is 25.3. The molecule has 8 heteroatoms. The van der Waals surface area contributed by atoms with E-state index < -0.39 is 33.2 Å². The van der Waals surface area contributed by atoms with Gasteiger partial charge in [0.2, 0.25) is 11.8 Å². The van der Waals surface area contributed by atoms with Crippen LogP contribution < -0.4 is 10.6 Å². The zero-order valence-corrected chi connectivity index (χ0v) is 13.9. The Balaban J connectivity index is 1.88. The third-order valence-corrected chi connectivity index (χ3v) is 4.89. The van der Waals surface area contributed by atoms with Crippen molar-refractivity contribution < 1.29 is 18.0 Å². The third kappa shape index (κ3) is 5.65. The minimum absolute atomic E-state index is 0.449. The van der Waals surface area contributed by atoms with E-state index in [4.69, 9.17) is 0 Å². The molecule has 1 aromatic carbocycles. The predicted octanol–water partition coefficient (Wildman–Crippen LogP) is -0.220. The average molecular weight is 339 g/mol. The summed E-state index contributed by atoms with van der Waals surface area (Å²) < 4.78 is 24.0. The van der Waals surface area contributed by atoms with Crippen molar-refractivity contribution in [3.8, 4) is 0 Å². The molecule has 1 aliphatic heterocycles. The number of aryl methyl sites for hydroxylation is 1. The van der Waals surface area contributed by atoms with Gasteiger partial charge in [0.25, 0.3) is 0 Å². The van der Waals surface area contributed by atoms with Gasteiger partial charge in [-0.05, 0) is 19.1 Å². The van der Waals surface area contributed by atoms with Crippen molar-refractivity contribution in [1.29, 1.82) is 0 Å². The highest BCUT2D eigenvalue weighted by atomic mass is 32.2. The fraction of sp³-hybridized carbons (Fsp3) is 0.467. The lowest BCUT2D eigenvalue weighted by molar-refractivity contribution is -0.128. The van der Waals surface area contributed by atoms with E-state index in [0.29, 0.717) is 31.9 Å². The van der Waals surface area contributed by atoms with Gasteiger partial charge in [-0.15, -0.1) is 0 Å². The van der Waals surface area contributed by atoms with Gasteiger partial charge in [0.15, 0.2) is 9.84 Å². The zero-order chi connectivity index (χ0) is 16.9. The lowest BCUT2D eigenvalue weighted by Crippen LogP contribution is -2.48. The molecule has 0 radical (unpaired) electrons. The molecule has 1 heterocycles. The number of carbonyl (C=O) groups excluding carboxylic acids is 2. The predicted molar refractivity (Wildman–Crippen MR) is 87.9 cm³/mol. The number of sulfone groups is 1. The molecule has 126 valence electrons. The number of amides is 2. The van der Waals surface area contributed by atoms with Crippen LogP contribution in [0.2, 0.25) is 0 Å². The highest BCUT2D eigenvalue weighted by Gasteiger charge is 2.25. The highest BCUT2D eigenvalue weighted by Crippen LogP contribution is 2.09. The molecule has 0 bridgehead atoms. The van der Waals surface area contributed by atoms with E-state index in [2.05, 4.69) is 10.6 Å². The van der Waals surface area contributed by atoms with Gasteiger partial charge in [-0.3, -0.25) is 9.59 Å². The Labute approximate surface area is 136 Å². The normalized spacial score (nSPS) is 15.3. The molecule has 1 saturated heterocycles. The van der Waals surface area contributed by atoms with E-state index in [9.17, 15) is 18.0 Å². The first-order valence-electron chi connectivity index (χ1n) is 7.41. The van der Waals surface area contributed by atoms with Crippen molar-refractivity contribution in [3.05, 3.63) is 29.8 Å². The molecule has 2 amide bonds. The summed E-state index contributed by atoms with van der Waals surface area (Å²) in [5.41, 5.74) is 1.57. The summed E-state index contributed by atoms with van der Waals surface area (Å²) in [5, 5.41) is 5.61. The van der Waals surface area contributed by atoms with Crippen LogP contribution in [0.1, 0.15) is 5.56 Å². The second-order valence-corrected chi connectivity index (χ2v) is 7.64. The Morgan fingerprint density at radius 1 is 1.13 bits per heavy atom. The van der Waals surface area contributed by atoms with Crippen LogP contribution in [0.4, 0.5) is 5.69 Å². The van der Waals surface area contributed by atoms with Crippen LogP contribution in [0.3, 0.4) is 0 Å². The molecule has 1 aliphatic rings. The Kier molecular flexibility index (Phi) is 5.73. The molecule has 0 atom stereocenters. The van der Waals surface area contributed by atoms with E-state index in [0.717, 1.165) is 5.56 Å². The number of nitrogens with zero attached hydrogens (tertiary/aromatic N) is 1. The number of rotatable bonds is 5. The van der Waals surface area contributed by atoms with Crippen LogP contribution in [0.25, 0.3) is 0 Å². The van der Waals surface area contributed by atoms with Crippen molar-refractivity contribution in [2.45, 2.75) is 6.92 Å². The van der Waals surface area contributed by atoms with Crippen molar-refractivity contribution in [1.82, 2.24) is 10.2 Å². The van der Waals surface area contributed by atoms with Crippen LogP contribution in [0.15, 0.2) is 24.3 Å². The Morgan fingerprint density at radius 3 is 2.35 bits per heavy atom. The van der Waals surface area contributed by atoms with E-state index in [-0.39, 0.29) is 0 Å².